The topological polar surface area (TPSA) is 44.3 Å². The molecule has 2 aromatic rings. The lowest BCUT2D eigenvalue weighted by atomic mass is 9.95. The van der Waals surface area contributed by atoms with Crippen LogP contribution in [0.1, 0.15) is 32.1 Å². The van der Waals surface area contributed by atoms with Gasteiger partial charge in [-0.15, -0.1) is 0 Å². The highest BCUT2D eigenvalue weighted by Crippen LogP contribution is 2.22. The van der Waals surface area contributed by atoms with E-state index in [1.807, 2.05) is 12.3 Å². The number of nitrogens with one attached hydrogen (secondary N) is 1. The number of nitrogens with zero attached hydrogens (tertiary/aromatic N) is 4. The lowest BCUT2D eigenvalue weighted by Crippen LogP contribution is -2.47. The maximum atomic E-state index is 4.77. The van der Waals surface area contributed by atoms with E-state index in [-0.39, 0.29) is 0 Å². The number of para-hydroxylation sites is 1. The van der Waals surface area contributed by atoms with E-state index in [2.05, 4.69) is 50.4 Å². The fourth-order valence-corrected chi connectivity index (χ4v) is 3.84. The zero-order valence-corrected chi connectivity index (χ0v) is 14.8. The molecule has 4 rings (SSSR count). The second-order valence-electron chi connectivity index (χ2n) is 7.03. The van der Waals surface area contributed by atoms with Crippen LogP contribution in [0.4, 0.5) is 17.5 Å². The van der Waals surface area contributed by atoms with Gasteiger partial charge in [-0.2, -0.15) is 4.98 Å². The summed E-state index contributed by atoms with van der Waals surface area (Å²) in [6.07, 6.45) is 8.44. The summed E-state index contributed by atoms with van der Waals surface area (Å²) in [6.45, 7) is 3.94. The fraction of sp³-hybridized carbons (Fsp3) is 0.500. The van der Waals surface area contributed by atoms with Crippen LogP contribution in [0.5, 0.6) is 0 Å². The molecule has 1 aromatic carbocycles. The number of piperazine rings is 1. The highest BCUT2D eigenvalue weighted by atomic mass is 15.3. The molecule has 0 radical (unpaired) electrons. The van der Waals surface area contributed by atoms with Crippen molar-refractivity contribution in [1.82, 2.24) is 9.97 Å². The standard InChI is InChI=1S/C20H27N5/c1-3-7-17(8-4-1)22-19-11-12-21-20(23-19)25-15-13-24(14-16-25)18-9-5-2-6-10-18/h2,5-6,9-12,17H,1,3-4,7-8,13-16H2,(H,21,22,23). The molecule has 2 heterocycles. The Hall–Kier alpha value is -2.30. The molecule has 1 aromatic heterocycles. The van der Waals surface area contributed by atoms with Gasteiger partial charge in [-0.05, 0) is 31.0 Å². The summed E-state index contributed by atoms with van der Waals surface area (Å²) in [5, 5.41) is 3.61. The first-order valence-corrected chi connectivity index (χ1v) is 9.53. The van der Waals surface area contributed by atoms with Crippen molar-refractivity contribution in [2.24, 2.45) is 0 Å². The Morgan fingerprint density at radius 3 is 2.32 bits per heavy atom. The quantitative estimate of drug-likeness (QED) is 0.924. The fourth-order valence-electron chi connectivity index (χ4n) is 3.84. The van der Waals surface area contributed by atoms with E-state index in [4.69, 9.17) is 4.98 Å². The Morgan fingerprint density at radius 2 is 1.56 bits per heavy atom. The second-order valence-corrected chi connectivity index (χ2v) is 7.03. The summed E-state index contributed by atoms with van der Waals surface area (Å²) in [6, 6.07) is 13.2. The van der Waals surface area contributed by atoms with E-state index in [1.165, 1.54) is 37.8 Å². The molecule has 1 saturated carbocycles. The molecular formula is C20H27N5. The number of anilines is 3. The first-order valence-electron chi connectivity index (χ1n) is 9.53. The second kappa shape index (κ2) is 7.72. The molecule has 0 amide bonds. The van der Waals surface area contributed by atoms with E-state index < -0.39 is 0 Å². The Labute approximate surface area is 150 Å². The molecule has 0 unspecified atom stereocenters. The lowest BCUT2D eigenvalue weighted by molar-refractivity contribution is 0.462. The molecule has 1 N–H and O–H groups in total. The molecule has 5 nitrogen and oxygen atoms in total. The van der Waals surface area contributed by atoms with Gasteiger partial charge in [0.2, 0.25) is 5.95 Å². The maximum Gasteiger partial charge on any atom is 0.227 e. The van der Waals surface area contributed by atoms with Crippen molar-refractivity contribution in [2.75, 3.05) is 41.3 Å². The molecule has 132 valence electrons. The van der Waals surface area contributed by atoms with Crippen molar-refractivity contribution >= 4 is 17.5 Å². The minimum Gasteiger partial charge on any atom is -0.368 e. The Balaban J connectivity index is 1.37. The summed E-state index contributed by atoms with van der Waals surface area (Å²) < 4.78 is 0. The zero-order chi connectivity index (χ0) is 16.9. The van der Waals surface area contributed by atoms with Crippen molar-refractivity contribution in [3.8, 4) is 0 Å². The highest BCUT2D eigenvalue weighted by molar-refractivity contribution is 5.49. The summed E-state index contributed by atoms with van der Waals surface area (Å²) in [4.78, 5) is 14.0. The molecule has 1 saturated heterocycles. The van der Waals surface area contributed by atoms with E-state index in [0.29, 0.717) is 6.04 Å². The van der Waals surface area contributed by atoms with Crippen LogP contribution in [-0.2, 0) is 0 Å². The lowest BCUT2D eigenvalue weighted by Gasteiger charge is -2.36. The van der Waals surface area contributed by atoms with Gasteiger partial charge < -0.3 is 15.1 Å². The minimum absolute atomic E-state index is 0.575. The zero-order valence-electron chi connectivity index (χ0n) is 14.8. The number of hydrogen-bond donors (Lipinski definition) is 1. The number of benzene rings is 1. The summed E-state index contributed by atoms with van der Waals surface area (Å²) in [5.41, 5.74) is 1.30. The third-order valence-corrected chi connectivity index (χ3v) is 5.28. The molecular weight excluding hydrogens is 310 g/mol. The van der Waals surface area contributed by atoms with E-state index >= 15 is 0 Å². The van der Waals surface area contributed by atoms with Crippen molar-refractivity contribution < 1.29 is 0 Å². The van der Waals surface area contributed by atoms with E-state index in [9.17, 15) is 0 Å². The van der Waals surface area contributed by atoms with Crippen LogP contribution < -0.4 is 15.1 Å². The van der Waals surface area contributed by atoms with Crippen LogP contribution in [0.25, 0.3) is 0 Å². The van der Waals surface area contributed by atoms with Crippen LogP contribution in [0.15, 0.2) is 42.6 Å². The highest BCUT2D eigenvalue weighted by Gasteiger charge is 2.20. The van der Waals surface area contributed by atoms with Crippen LogP contribution in [0.3, 0.4) is 0 Å². The molecule has 1 aliphatic heterocycles. The molecule has 0 bridgehead atoms. The molecule has 0 atom stereocenters. The molecule has 0 spiro atoms. The van der Waals surface area contributed by atoms with Crippen LogP contribution in [0, 0.1) is 0 Å². The van der Waals surface area contributed by atoms with Crippen LogP contribution in [0.2, 0.25) is 0 Å². The van der Waals surface area contributed by atoms with Gasteiger partial charge in [-0.25, -0.2) is 4.98 Å². The SMILES string of the molecule is c1ccc(N2CCN(c3nccc(NC4CCCCC4)n3)CC2)cc1. The average molecular weight is 337 g/mol. The number of hydrogen-bond acceptors (Lipinski definition) is 5. The number of aromatic nitrogens is 2. The number of rotatable bonds is 4. The van der Waals surface area contributed by atoms with Gasteiger partial charge in [0.1, 0.15) is 5.82 Å². The van der Waals surface area contributed by atoms with Crippen LogP contribution >= 0.6 is 0 Å². The summed E-state index contributed by atoms with van der Waals surface area (Å²) in [5.74, 6) is 1.83. The molecule has 1 aliphatic carbocycles. The van der Waals surface area contributed by atoms with Gasteiger partial charge >= 0.3 is 0 Å². The third-order valence-electron chi connectivity index (χ3n) is 5.28. The Bertz CT molecular complexity index is 661. The van der Waals surface area contributed by atoms with Crippen LogP contribution in [-0.4, -0.2) is 42.2 Å². The average Bonchev–Trinajstić information content (AvgIpc) is 2.70. The van der Waals surface area contributed by atoms with Gasteiger partial charge in [-0.1, -0.05) is 37.5 Å². The van der Waals surface area contributed by atoms with Gasteiger partial charge in [0.15, 0.2) is 0 Å². The molecule has 2 fully saturated rings. The van der Waals surface area contributed by atoms with Crippen molar-refractivity contribution in [2.45, 2.75) is 38.1 Å². The first-order chi connectivity index (χ1) is 12.4. The third kappa shape index (κ3) is 4.03. The van der Waals surface area contributed by atoms with Gasteiger partial charge in [-0.3, -0.25) is 0 Å². The van der Waals surface area contributed by atoms with Gasteiger partial charge in [0.25, 0.3) is 0 Å². The van der Waals surface area contributed by atoms with E-state index in [1.54, 1.807) is 0 Å². The summed E-state index contributed by atoms with van der Waals surface area (Å²) >= 11 is 0. The molecule has 5 heteroatoms. The smallest absolute Gasteiger partial charge is 0.227 e. The van der Waals surface area contributed by atoms with E-state index in [0.717, 1.165) is 37.9 Å². The summed E-state index contributed by atoms with van der Waals surface area (Å²) in [7, 11) is 0. The normalized spacial score (nSPS) is 19.0. The largest absolute Gasteiger partial charge is 0.368 e. The van der Waals surface area contributed by atoms with Crippen molar-refractivity contribution in [1.29, 1.82) is 0 Å². The van der Waals surface area contributed by atoms with Gasteiger partial charge in [0, 0.05) is 44.1 Å². The monoisotopic (exact) mass is 337 g/mol. The Kier molecular flexibility index (Phi) is 5.00. The predicted molar refractivity (Wildman–Crippen MR) is 103 cm³/mol. The first kappa shape index (κ1) is 16.2. The van der Waals surface area contributed by atoms with Crippen molar-refractivity contribution in [3.05, 3.63) is 42.6 Å². The Morgan fingerprint density at radius 1 is 0.840 bits per heavy atom. The minimum atomic E-state index is 0.575. The van der Waals surface area contributed by atoms with Gasteiger partial charge in [0.05, 0.1) is 0 Å². The predicted octanol–water partition coefficient (Wildman–Crippen LogP) is 3.55. The molecule has 2 aliphatic rings. The van der Waals surface area contributed by atoms with Crippen molar-refractivity contribution in [3.63, 3.8) is 0 Å². The maximum absolute atomic E-state index is 4.77. The molecule has 25 heavy (non-hydrogen) atoms.